The molecule has 0 heterocycles. The number of hydrogen-bond donors (Lipinski definition) is 1. The number of anilines is 1. The lowest BCUT2D eigenvalue weighted by atomic mass is 10.1. The Balaban J connectivity index is 2.49. The van der Waals surface area contributed by atoms with Crippen LogP contribution in [0.25, 0.3) is 0 Å². The lowest BCUT2D eigenvalue weighted by molar-refractivity contribution is -0.129. The molecule has 0 fully saturated rings. The lowest BCUT2D eigenvalue weighted by Gasteiger charge is -2.21. The van der Waals surface area contributed by atoms with Gasteiger partial charge in [0.05, 0.1) is 0 Å². The molecule has 0 aliphatic rings. The number of carbonyl (C=O) groups excluding carboxylic acids is 2. The molecule has 0 unspecified atom stereocenters. The van der Waals surface area contributed by atoms with E-state index >= 15 is 0 Å². The molecule has 122 valence electrons. The minimum atomic E-state index is -1.01. The Kier molecular flexibility index (Phi) is 6.95. The quantitative estimate of drug-likeness (QED) is 0.840. The fourth-order valence-electron chi connectivity index (χ4n) is 1.87. The second-order valence-electron chi connectivity index (χ2n) is 5.62. The summed E-state index contributed by atoms with van der Waals surface area (Å²) in [6.07, 6.45) is 0.973. The number of halogens is 2. The highest BCUT2D eigenvalue weighted by Gasteiger charge is 2.12. The Morgan fingerprint density at radius 1 is 1.18 bits per heavy atom. The summed E-state index contributed by atoms with van der Waals surface area (Å²) in [5.41, 5.74) is 0.195. The van der Waals surface area contributed by atoms with Crippen molar-refractivity contribution in [1.82, 2.24) is 4.90 Å². The molecule has 1 aromatic rings. The van der Waals surface area contributed by atoms with Crippen LogP contribution in [0.1, 0.15) is 33.6 Å². The van der Waals surface area contributed by atoms with Crippen molar-refractivity contribution in [1.29, 1.82) is 0 Å². The van der Waals surface area contributed by atoms with E-state index in [1.165, 1.54) is 13.0 Å². The summed E-state index contributed by atoms with van der Waals surface area (Å²) >= 11 is 0. The maximum Gasteiger partial charge on any atom is 0.226 e. The maximum absolute atomic E-state index is 13.0. The minimum Gasteiger partial charge on any atom is -0.342 e. The van der Waals surface area contributed by atoms with E-state index in [1.54, 1.807) is 4.90 Å². The van der Waals surface area contributed by atoms with Crippen LogP contribution in [0, 0.1) is 17.6 Å². The van der Waals surface area contributed by atoms with E-state index in [1.807, 2.05) is 0 Å². The third-order valence-corrected chi connectivity index (χ3v) is 3.23. The zero-order valence-corrected chi connectivity index (χ0v) is 13.2. The Morgan fingerprint density at radius 2 is 1.86 bits per heavy atom. The van der Waals surface area contributed by atoms with Crippen molar-refractivity contribution in [2.75, 3.05) is 18.4 Å². The predicted octanol–water partition coefficient (Wildman–Crippen LogP) is 3.19. The van der Waals surface area contributed by atoms with Gasteiger partial charge < -0.3 is 10.2 Å². The Morgan fingerprint density at radius 3 is 2.41 bits per heavy atom. The van der Waals surface area contributed by atoms with Crippen LogP contribution in [-0.4, -0.2) is 29.8 Å². The molecule has 0 spiro atoms. The smallest absolute Gasteiger partial charge is 0.226 e. The number of carbonyl (C=O) groups is 2. The van der Waals surface area contributed by atoms with Crippen LogP contribution in [0.15, 0.2) is 18.2 Å². The highest BCUT2D eigenvalue weighted by molar-refractivity contribution is 5.91. The van der Waals surface area contributed by atoms with Gasteiger partial charge in [-0.25, -0.2) is 8.78 Å². The van der Waals surface area contributed by atoms with Crippen LogP contribution in [0.4, 0.5) is 14.5 Å². The lowest BCUT2D eigenvalue weighted by Crippen LogP contribution is -2.33. The molecule has 0 aliphatic carbocycles. The first-order valence-electron chi connectivity index (χ1n) is 7.30. The van der Waals surface area contributed by atoms with Gasteiger partial charge in [0.2, 0.25) is 11.8 Å². The van der Waals surface area contributed by atoms with E-state index in [-0.39, 0.29) is 23.9 Å². The number of hydrogen-bond acceptors (Lipinski definition) is 2. The topological polar surface area (TPSA) is 49.4 Å². The van der Waals surface area contributed by atoms with Crippen molar-refractivity contribution >= 4 is 17.5 Å². The standard InChI is InChI=1S/C16H22F2N2O2/c1-11(2)6-8-20(12(3)21)9-7-16(22)19-13-4-5-14(17)15(18)10-13/h4-5,10-11H,6-9H2,1-3H3,(H,19,22). The fourth-order valence-corrected chi connectivity index (χ4v) is 1.87. The summed E-state index contributed by atoms with van der Waals surface area (Å²) in [6.45, 7) is 6.50. The number of nitrogens with zero attached hydrogens (tertiary/aromatic N) is 1. The molecule has 0 aliphatic heterocycles. The molecule has 0 aromatic heterocycles. The molecule has 0 atom stereocenters. The SMILES string of the molecule is CC(=O)N(CCC(=O)Nc1ccc(F)c(F)c1)CCC(C)C. The molecule has 1 rings (SSSR count). The van der Waals surface area contributed by atoms with Gasteiger partial charge >= 0.3 is 0 Å². The maximum atomic E-state index is 13.0. The number of rotatable bonds is 7. The zero-order chi connectivity index (χ0) is 16.7. The zero-order valence-electron chi connectivity index (χ0n) is 13.2. The summed E-state index contributed by atoms with van der Waals surface area (Å²) in [6, 6.07) is 3.17. The van der Waals surface area contributed by atoms with E-state index in [9.17, 15) is 18.4 Å². The average Bonchev–Trinajstić information content (AvgIpc) is 2.42. The molecule has 1 N–H and O–H groups in total. The summed E-state index contributed by atoms with van der Waals surface area (Å²) in [5.74, 6) is -1.93. The molecular formula is C16H22F2N2O2. The van der Waals surface area contributed by atoms with Crippen LogP contribution in [0.5, 0.6) is 0 Å². The Hall–Kier alpha value is -1.98. The summed E-state index contributed by atoms with van der Waals surface area (Å²) in [7, 11) is 0. The number of amides is 2. The van der Waals surface area contributed by atoms with E-state index in [4.69, 9.17) is 0 Å². The first-order chi connectivity index (χ1) is 10.3. The predicted molar refractivity (Wildman–Crippen MR) is 81.3 cm³/mol. The summed E-state index contributed by atoms with van der Waals surface area (Å²) < 4.78 is 25.8. The van der Waals surface area contributed by atoms with Gasteiger partial charge in [0.25, 0.3) is 0 Å². The molecule has 0 radical (unpaired) electrons. The Labute approximate surface area is 129 Å². The molecule has 6 heteroatoms. The first-order valence-corrected chi connectivity index (χ1v) is 7.30. The van der Waals surface area contributed by atoms with Crippen molar-refractivity contribution in [2.45, 2.75) is 33.6 Å². The monoisotopic (exact) mass is 312 g/mol. The van der Waals surface area contributed by atoms with Gasteiger partial charge in [-0.2, -0.15) is 0 Å². The van der Waals surface area contributed by atoms with Gasteiger partial charge in [-0.1, -0.05) is 13.8 Å². The molecular weight excluding hydrogens is 290 g/mol. The van der Waals surface area contributed by atoms with Crippen LogP contribution < -0.4 is 5.32 Å². The highest BCUT2D eigenvalue weighted by atomic mass is 19.2. The minimum absolute atomic E-state index is 0.0822. The highest BCUT2D eigenvalue weighted by Crippen LogP contribution is 2.13. The molecule has 0 bridgehead atoms. The normalized spacial score (nSPS) is 10.6. The van der Waals surface area contributed by atoms with Crippen LogP contribution in [-0.2, 0) is 9.59 Å². The first kappa shape index (κ1) is 18.1. The van der Waals surface area contributed by atoms with Gasteiger partial charge in [-0.05, 0) is 24.5 Å². The number of nitrogens with one attached hydrogen (secondary N) is 1. The van der Waals surface area contributed by atoms with Crippen molar-refractivity contribution in [3.05, 3.63) is 29.8 Å². The second kappa shape index (κ2) is 8.46. The van der Waals surface area contributed by atoms with E-state index in [0.717, 1.165) is 18.6 Å². The summed E-state index contributed by atoms with van der Waals surface area (Å²) in [4.78, 5) is 24.9. The van der Waals surface area contributed by atoms with Crippen LogP contribution >= 0.6 is 0 Å². The average molecular weight is 312 g/mol. The molecule has 4 nitrogen and oxygen atoms in total. The number of benzene rings is 1. The molecule has 0 saturated heterocycles. The van der Waals surface area contributed by atoms with E-state index in [2.05, 4.69) is 19.2 Å². The van der Waals surface area contributed by atoms with Crippen molar-refractivity contribution in [2.24, 2.45) is 5.92 Å². The third kappa shape index (κ3) is 6.20. The van der Waals surface area contributed by atoms with Crippen molar-refractivity contribution in [3.8, 4) is 0 Å². The van der Waals surface area contributed by atoms with Crippen LogP contribution in [0.3, 0.4) is 0 Å². The molecule has 22 heavy (non-hydrogen) atoms. The van der Waals surface area contributed by atoms with Gasteiger partial charge in [0.1, 0.15) is 0 Å². The van der Waals surface area contributed by atoms with Gasteiger partial charge in [0.15, 0.2) is 11.6 Å². The van der Waals surface area contributed by atoms with Gasteiger partial charge in [-0.3, -0.25) is 9.59 Å². The molecule has 0 saturated carbocycles. The molecule has 2 amide bonds. The van der Waals surface area contributed by atoms with Gasteiger partial charge in [0, 0.05) is 38.2 Å². The van der Waals surface area contributed by atoms with E-state index < -0.39 is 11.6 Å². The largest absolute Gasteiger partial charge is 0.342 e. The van der Waals surface area contributed by atoms with E-state index in [0.29, 0.717) is 19.0 Å². The van der Waals surface area contributed by atoms with Gasteiger partial charge in [-0.15, -0.1) is 0 Å². The molecule has 1 aromatic carbocycles. The Bertz CT molecular complexity index is 533. The second-order valence-corrected chi connectivity index (χ2v) is 5.62. The van der Waals surface area contributed by atoms with Crippen molar-refractivity contribution in [3.63, 3.8) is 0 Å². The van der Waals surface area contributed by atoms with Crippen LogP contribution in [0.2, 0.25) is 0 Å². The van der Waals surface area contributed by atoms with Crippen molar-refractivity contribution < 1.29 is 18.4 Å². The third-order valence-electron chi connectivity index (χ3n) is 3.23. The fraction of sp³-hybridized carbons (Fsp3) is 0.500. The summed E-state index contributed by atoms with van der Waals surface area (Å²) in [5, 5.41) is 2.49.